The normalized spacial score (nSPS) is 24.2. The lowest BCUT2D eigenvalue weighted by Crippen LogP contribution is -2.41. The minimum Gasteiger partial charge on any atom is -0.497 e. The van der Waals surface area contributed by atoms with Crippen LogP contribution in [0.2, 0.25) is 0 Å². The number of imide groups is 1. The zero-order valence-corrected chi connectivity index (χ0v) is 15.2. The van der Waals surface area contributed by atoms with Gasteiger partial charge in [0.15, 0.2) is 0 Å². The maximum absolute atomic E-state index is 12.6. The Labute approximate surface area is 149 Å². The molecule has 0 radical (unpaired) electrons. The largest absolute Gasteiger partial charge is 0.497 e. The van der Waals surface area contributed by atoms with Gasteiger partial charge in [-0.25, -0.2) is 9.69 Å². The van der Waals surface area contributed by atoms with Crippen molar-refractivity contribution in [3.8, 4) is 5.75 Å². The van der Waals surface area contributed by atoms with Gasteiger partial charge in [-0.05, 0) is 42.9 Å². The van der Waals surface area contributed by atoms with Crippen LogP contribution in [0.4, 0.5) is 4.79 Å². The van der Waals surface area contributed by atoms with Crippen LogP contribution in [0.5, 0.6) is 5.75 Å². The molecule has 2 fully saturated rings. The number of carbonyl (C=O) groups is 2. The molecule has 1 aromatic rings. The van der Waals surface area contributed by atoms with Crippen LogP contribution in [0.3, 0.4) is 0 Å². The van der Waals surface area contributed by atoms with E-state index in [0.29, 0.717) is 19.0 Å². The number of hydrogen-bond donors (Lipinski definition) is 1. The topological polar surface area (TPSA) is 61.9 Å². The highest BCUT2D eigenvalue weighted by molar-refractivity contribution is 6.04. The van der Waals surface area contributed by atoms with Crippen LogP contribution in [0.25, 0.3) is 0 Å². The van der Waals surface area contributed by atoms with Crippen LogP contribution in [-0.2, 0) is 4.79 Å². The third-order valence-electron chi connectivity index (χ3n) is 5.00. The Bertz CT molecular complexity index is 629. The van der Waals surface area contributed by atoms with Gasteiger partial charge in [-0.1, -0.05) is 26.0 Å². The molecule has 0 saturated carbocycles. The van der Waals surface area contributed by atoms with Gasteiger partial charge >= 0.3 is 6.03 Å². The smallest absolute Gasteiger partial charge is 0.325 e. The summed E-state index contributed by atoms with van der Waals surface area (Å²) >= 11 is 0. The lowest BCUT2D eigenvalue weighted by Gasteiger charge is -2.28. The van der Waals surface area contributed by atoms with Crippen LogP contribution in [-0.4, -0.2) is 48.1 Å². The molecule has 3 amide bonds. The average molecular weight is 345 g/mol. The van der Waals surface area contributed by atoms with Crippen LogP contribution < -0.4 is 10.1 Å². The second kappa shape index (κ2) is 7.44. The molecule has 6 nitrogen and oxygen atoms in total. The van der Waals surface area contributed by atoms with Crippen LogP contribution >= 0.6 is 0 Å². The summed E-state index contributed by atoms with van der Waals surface area (Å²) in [7, 11) is 1.65. The van der Waals surface area contributed by atoms with Crippen molar-refractivity contribution in [1.82, 2.24) is 15.1 Å². The number of nitrogens with one attached hydrogen (secondary N) is 1. The molecule has 1 aromatic carbocycles. The molecule has 0 bridgehead atoms. The summed E-state index contributed by atoms with van der Waals surface area (Å²) in [5.74, 6) is 1.10. The lowest BCUT2D eigenvalue weighted by atomic mass is 10.0. The first-order valence-electron chi connectivity index (χ1n) is 8.99. The highest BCUT2D eigenvalue weighted by Crippen LogP contribution is 2.33. The minimum atomic E-state index is -0.380. The van der Waals surface area contributed by atoms with Gasteiger partial charge in [-0.15, -0.1) is 0 Å². The maximum Gasteiger partial charge on any atom is 0.325 e. The van der Waals surface area contributed by atoms with Crippen molar-refractivity contribution in [3.63, 3.8) is 0 Å². The number of urea groups is 1. The summed E-state index contributed by atoms with van der Waals surface area (Å²) in [6, 6.07) is 7.63. The van der Waals surface area contributed by atoms with E-state index >= 15 is 0 Å². The highest BCUT2D eigenvalue weighted by Gasteiger charge is 2.40. The molecule has 136 valence electrons. The fourth-order valence-electron chi connectivity index (χ4n) is 3.72. The number of ether oxygens (including phenoxy) is 1. The zero-order valence-electron chi connectivity index (χ0n) is 15.2. The summed E-state index contributed by atoms with van der Waals surface area (Å²) < 4.78 is 5.22. The predicted octanol–water partition coefficient (Wildman–Crippen LogP) is 2.76. The van der Waals surface area contributed by atoms with Gasteiger partial charge < -0.3 is 10.1 Å². The first-order valence-corrected chi connectivity index (χ1v) is 8.99. The first kappa shape index (κ1) is 17.7. The molecule has 2 heterocycles. The van der Waals surface area contributed by atoms with Gasteiger partial charge in [-0.2, -0.15) is 0 Å². The number of methoxy groups -OCH3 is 1. The van der Waals surface area contributed by atoms with Crippen molar-refractivity contribution in [1.29, 1.82) is 0 Å². The minimum absolute atomic E-state index is 0.0981. The number of hydrogen-bond acceptors (Lipinski definition) is 4. The van der Waals surface area contributed by atoms with Gasteiger partial charge in [-0.3, -0.25) is 9.69 Å². The van der Waals surface area contributed by atoms with Gasteiger partial charge in [0.1, 0.15) is 11.8 Å². The molecular formula is C19H27N3O3. The Hall–Kier alpha value is -2.08. The van der Waals surface area contributed by atoms with E-state index in [2.05, 4.69) is 36.2 Å². The number of nitrogens with zero attached hydrogens (tertiary/aromatic N) is 2. The summed E-state index contributed by atoms with van der Waals surface area (Å²) in [6.45, 7) is 5.36. The Balaban J connectivity index is 1.68. The van der Waals surface area contributed by atoms with E-state index in [9.17, 15) is 9.59 Å². The van der Waals surface area contributed by atoms with Crippen molar-refractivity contribution in [2.24, 2.45) is 5.92 Å². The summed E-state index contributed by atoms with van der Waals surface area (Å²) in [6.07, 6.45) is 2.78. The Kier molecular flexibility index (Phi) is 5.27. The van der Waals surface area contributed by atoms with E-state index in [-0.39, 0.29) is 24.0 Å². The number of amides is 3. The molecule has 0 unspecified atom stereocenters. The van der Waals surface area contributed by atoms with Gasteiger partial charge in [0.2, 0.25) is 0 Å². The molecule has 25 heavy (non-hydrogen) atoms. The molecule has 6 heteroatoms. The molecule has 0 aliphatic carbocycles. The summed E-state index contributed by atoms with van der Waals surface area (Å²) in [5.41, 5.74) is 1.20. The summed E-state index contributed by atoms with van der Waals surface area (Å²) in [5, 5.41) is 2.82. The van der Waals surface area contributed by atoms with Gasteiger partial charge in [0.05, 0.1) is 13.8 Å². The van der Waals surface area contributed by atoms with Crippen LogP contribution in [0.1, 0.15) is 44.7 Å². The van der Waals surface area contributed by atoms with Gasteiger partial charge in [0.25, 0.3) is 5.91 Å². The third-order valence-corrected chi connectivity index (χ3v) is 5.00. The number of likely N-dealkylation sites (tertiary alicyclic amines) is 1. The molecule has 2 aliphatic heterocycles. The summed E-state index contributed by atoms with van der Waals surface area (Å²) in [4.78, 5) is 28.4. The third kappa shape index (κ3) is 3.79. The van der Waals surface area contributed by atoms with Crippen LogP contribution in [0, 0.1) is 5.92 Å². The van der Waals surface area contributed by atoms with Crippen molar-refractivity contribution < 1.29 is 14.3 Å². The predicted molar refractivity (Wildman–Crippen MR) is 95.2 cm³/mol. The fourth-order valence-corrected chi connectivity index (χ4v) is 3.72. The Morgan fingerprint density at radius 3 is 2.60 bits per heavy atom. The molecule has 2 aliphatic rings. The molecule has 2 saturated heterocycles. The van der Waals surface area contributed by atoms with Crippen molar-refractivity contribution in [2.45, 2.75) is 45.2 Å². The lowest BCUT2D eigenvalue weighted by molar-refractivity contribution is -0.129. The van der Waals surface area contributed by atoms with Gasteiger partial charge in [0, 0.05) is 12.6 Å². The van der Waals surface area contributed by atoms with E-state index in [1.807, 2.05) is 12.1 Å². The SMILES string of the molecule is COc1ccc([C@H]2CCCN2CN2C(=O)N[C@H](CC(C)C)C2=O)cc1. The molecule has 0 aromatic heterocycles. The molecule has 2 atom stereocenters. The fraction of sp³-hybridized carbons (Fsp3) is 0.579. The van der Waals surface area contributed by atoms with Crippen molar-refractivity contribution in [2.75, 3.05) is 20.3 Å². The zero-order chi connectivity index (χ0) is 18.0. The second-order valence-corrected chi connectivity index (χ2v) is 7.28. The first-order chi connectivity index (χ1) is 12.0. The highest BCUT2D eigenvalue weighted by atomic mass is 16.5. The average Bonchev–Trinajstić information content (AvgIpc) is 3.15. The Morgan fingerprint density at radius 1 is 1.24 bits per heavy atom. The van der Waals surface area contributed by atoms with Crippen molar-refractivity contribution in [3.05, 3.63) is 29.8 Å². The van der Waals surface area contributed by atoms with E-state index in [1.165, 1.54) is 10.5 Å². The molecule has 1 N–H and O–H groups in total. The maximum atomic E-state index is 12.6. The number of carbonyl (C=O) groups excluding carboxylic acids is 2. The Morgan fingerprint density at radius 2 is 1.96 bits per heavy atom. The van der Waals surface area contributed by atoms with E-state index in [1.54, 1.807) is 7.11 Å². The quantitative estimate of drug-likeness (QED) is 0.806. The number of benzene rings is 1. The van der Waals surface area contributed by atoms with E-state index in [0.717, 1.165) is 25.1 Å². The molecule has 3 rings (SSSR count). The van der Waals surface area contributed by atoms with Crippen LogP contribution in [0.15, 0.2) is 24.3 Å². The second-order valence-electron chi connectivity index (χ2n) is 7.28. The van der Waals surface area contributed by atoms with E-state index in [4.69, 9.17) is 4.74 Å². The van der Waals surface area contributed by atoms with E-state index < -0.39 is 0 Å². The number of rotatable bonds is 6. The standard InChI is InChI=1S/C19H27N3O3/c1-13(2)11-16-18(23)22(19(24)20-16)12-21-10-4-5-17(21)14-6-8-15(25-3)9-7-14/h6-9,13,16-17H,4-5,10-12H2,1-3H3,(H,20,24)/t16-,17-/m1/s1. The molecular weight excluding hydrogens is 318 g/mol. The molecule has 0 spiro atoms. The van der Waals surface area contributed by atoms with Crippen molar-refractivity contribution >= 4 is 11.9 Å². The monoisotopic (exact) mass is 345 g/mol.